The molecule has 1 aromatic carbocycles. The van der Waals surface area contributed by atoms with Crippen LogP contribution in [0.4, 0.5) is 4.39 Å². The predicted molar refractivity (Wildman–Crippen MR) is 62.8 cm³/mol. The summed E-state index contributed by atoms with van der Waals surface area (Å²) in [6.07, 6.45) is 0. The highest BCUT2D eigenvalue weighted by Crippen LogP contribution is 2.36. The number of Topliss-reactive ketones (excluding diaryl/α,β-unsaturated/α-hetero) is 1. The van der Waals surface area contributed by atoms with Gasteiger partial charge in [0.1, 0.15) is 11.6 Å². The number of halogens is 1. The first kappa shape index (κ1) is 12.3. The fourth-order valence-electron chi connectivity index (χ4n) is 2.09. The number of oxime groups is 1. The Labute approximate surface area is 103 Å². The van der Waals surface area contributed by atoms with Crippen LogP contribution in [0.15, 0.2) is 40.8 Å². The lowest BCUT2D eigenvalue weighted by Gasteiger charge is -2.11. The largest absolute Gasteiger partial charge is 0.443 e. The van der Waals surface area contributed by atoms with E-state index in [9.17, 15) is 9.18 Å². The van der Waals surface area contributed by atoms with Crippen molar-refractivity contribution < 1.29 is 19.1 Å². The van der Waals surface area contributed by atoms with Gasteiger partial charge in [-0.15, -0.1) is 0 Å². The quantitative estimate of drug-likeness (QED) is 0.647. The molecule has 0 radical (unpaired) electrons. The van der Waals surface area contributed by atoms with Crippen molar-refractivity contribution in [2.24, 2.45) is 5.16 Å². The van der Waals surface area contributed by atoms with Gasteiger partial charge < -0.3 is 9.94 Å². The Morgan fingerprint density at radius 1 is 1.39 bits per heavy atom. The lowest BCUT2D eigenvalue weighted by Crippen LogP contribution is -2.14. The van der Waals surface area contributed by atoms with Gasteiger partial charge in [-0.1, -0.05) is 17.3 Å². The Morgan fingerprint density at radius 3 is 2.50 bits per heavy atom. The molecule has 0 bridgehead atoms. The summed E-state index contributed by atoms with van der Waals surface area (Å²) in [6.45, 7) is 3.05. The maximum atomic E-state index is 12.9. The van der Waals surface area contributed by atoms with Crippen molar-refractivity contribution in [2.45, 2.75) is 19.8 Å². The zero-order chi connectivity index (χ0) is 13.3. The van der Waals surface area contributed by atoms with E-state index in [1.807, 2.05) is 0 Å². The first-order chi connectivity index (χ1) is 8.54. The summed E-state index contributed by atoms with van der Waals surface area (Å²) in [7, 11) is 0. The fraction of sp³-hybridized carbons (Fsp3) is 0.231. The minimum absolute atomic E-state index is 0.0318. The van der Waals surface area contributed by atoms with Crippen molar-refractivity contribution in [3.63, 3.8) is 0 Å². The molecule has 1 N–H and O–H groups in total. The molecule has 4 nitrogen and oxygen atoms in total. The number of ketones is 1. The van der Waals surface area contributed by atoms with Crippen molar-refractivity contribution in [3.05, 3.63) is 47.0 Å². The van der Waals surface area contributed by atoms with E-state index in [0.29, 0.717) is 16.9 Å². The van der Waals surface area contributed by atoms with Crippen molar-refractivity contribution in [1.82, 2.24) is 0 Å². The molecule has 1 heterocycles. The van der Waals surface area contributed by atoms with Crippen LogP contribution in [0.3, 0.4) is 0 Å². The molecule has 0 saturated carbocycles. The normalized spacial score (nSPS) is 21.3. The first-order valence-corrected chi connectivity index (χ1v) is 5.41. The molecule has 1 atom stereocenters. The van der Waals surface area contributed by atoms with Crippen LogP contribution in [0.5, 0.6) is 0 Å². The Balaban J connectivity index is 2.51. The van der Waals surface area contributed by atoms with Gasteiger partial charge in [-0.25, -0.2) is 4.39 Å². The molecule has 0 aliphatic carbocycles. The van der Waals surface area contributed by atoms with Gasteiger partial charge in [-0.05, 0) is 31.5 Å². The Morgan fingerprint density at radius 2 is 2.00 bits per heavy atom. The number of hydrogen-bond acceptors (Lipinski definition) is 4. The molecular weight excluding hydrogens is 237 g/mol. The maximum absolute atomic E-state index is 12.9. The van der Waals surface area contributed by atoms with Gasteiger partial charge >= 0.3 is 0 Å². The second-order valence-electron chi connectivity index (χ2n) is 4.05. The molecule has 0 aromatic heterocycles. The van der Waals surface area contributed by atoms with E-state index in [4.69, 9.17) is 9.94 Å². The van der Waals surface area contributed by atoms with E-state index < -0.39 is 5.92 Å². The van der Waals surface area contributed by atoms with Crippen LogP contribution in [-0.4, -0.2) is 16.9 Å². The van der Waals surface area contributed by atoms with Crippen LogP contribution in [0.1, 0.15) is 25.3 Å². The fourth-order valence-corrected chi connectivity index (χ4v) is 2.09. The van der Waals surface area contributed by atoms with Crippen LogP contribution in [0.25, 0.3) is 0 Å². The molecule has 1 aromatic rings. The third kappa shape index (κ3) is 1.99. The molecule has 0 amide bonds. The van der Waals surface area contributed by atoms with Gasteiger partial charge in [-0.2, -0.15) is 0 Å². The molecule has 1 aliphatic rings. The van der Waals surface area contributed by atoms with E-state index in [-0.39, 0.29) is 17.5 Å². The van der Waals surface area contributed by atoms with E-state index >= 15 is 0 Å². The van der Waals surface area contributed by atoms with Crippen LogP contribution in [-0.2, 0) is 9.53 Å². The molecule has 18 heavy (non-hydrogen) atoms. The number of allylic oxidation sites excluding steroid dienone is 1. The van der Waals surface area contributed by atoms with E-state index in [0.717, 1.165) is 0 Å². The van der Waals surface area contributed by atoms with Crippen molar-refractivity contribution >= 4 is 11.7 Å². The number of nitrogens with zero attached hydrogens (tertiary/aromatic N) is 1. The first-order valence-electron chi connectivity index (χ1n) is 5.41. The smallest absolute Gasteiger partial charge is 0.242 e. The maximum Gasteiger partial charge on any atom is 0.242 e. The molecule has 2 rings (SSSR count). The number of carbonyl (C=O) groups is 1. The molecular formula is C13H12FNO3. The van der Waals surface area contributed by atoms with Crippen LogP contribution in [0.2, 0.25) is 0 Å². The Hall–Kier alpha value is -2.17. The van der Waals surface area contributed by atoms with E-state index in [1.54, 1.807) is 6.92 Å². The summed E-state index contributed by atoms with van der Waals surface area (Å²) in [6, 6.07) is 5.65. The summed E-state index contributed by atoms with van der Waals surface area (Å²) in [5.41, 5.74) is 1.07. The summed E-state index contributed by atoms with van der Waals surface area (Å²) < 4.78 is 18.1. The molecule has 94 valence electrons. The Bertz CT molecular complexity index is 546. The third-order valence-electron chi connectivity index (χ3n) is 2.85. The highest BCUT2D eigenvalue weighted by atomic mass is 19.1. The Kier molecular flexibility index (Phi) is 3.14. The molecule has 0 fully saturated rings. The van der Waals surface area contributed by atoms with E-state index in [1.165, 1.54) is 31.2 Å². The predicted octanol–water partition coefficient (Wildman–Crippen LogP) is 2.59. The zero-order valence-electron chi connectivity index (χ0n) is 9.98. The van der Waals surface area contributed by atoms with Crippen molar-refractivity contribution in [1.29, 1.82) is 0 Å². The van der Waals surface area contributed by atoms with Crippen molar-refractivity contribution in [3.8, 4) is 0 Å². The molecule has 1 unspecified atom stereocenters. The number of carbonyl (C=O) groups excluding carboxylic acids is 1. The van der Waals surface area contributed by atoms with Gasteiger partial charge in [0.25, 0.3) is 0 Å². The van der Waals surface area contributed by atoms with Crippen LogP contribution >= 0.6 is 0 Å². The van der Waals surface area contributed by atoms with Gasteiger partial charge in [0, 0.05) is 5.57 Å². The minimum Gasteiger partial charge on any atom is -0.443 e. The van der Waals surface area contributed by atoms with Crippen LogP contribution < -0.4 is 0 Å². The van der Waals surface area contributed by atoms with Gasteiger partial charge in [-0.3, -0.25) is 4.79 Å². The van der Waals surface area contributed by atoms with Gasteiger partial charge in [0.05, 0.1) is 5.92 Å². The minimum atomic E-state index is -0.576. The monoisotopic (exact) mass is 249 g/mol. The topological polar surface area (TPSA) is 58.9 Å². The summed E-state index contributed by atoms with van der Waals surface area (Å²) in [5.74, 6) is -0.673. The number of hydrogen-bond donors (Lipinski definition) is 1. The SMILES string of the molecule is CC(=O)C1=C(C)O/C(=N/O)C1c1ccc(F)cc1. The highest BCUT2D eigenvalue weighted by molar-refractivity contribution is 6.06. The average molecular weight is 249 g/mol. The number of ether oxygens (including phenoxy) is 1. The second kappa shape index (κ2) is 4.60. The third-order valence-corrected chi connectivity index (χ3v) is 2.85. The molecule has 0 spiro atoms. The lowest BCUT2D eigenvalue weighted by atomic mass is 9.89. The molecule has 0 saturated heterocycles. The summed E-state index contributed by atoms with van der Waals surface area (Å²) >= 11 is 0. The lowest BCUT2D eigenvalue weighted by molar-refractivity contribution is -0.113. The number of rotatable bonds is 2. The van der Waals surface area contributed by atoms with Crippen molar-refractivity contribution in [2.75, 3.05) is 0 Å². The van der Waals surface area contributed by atoms with E-state index in [2.05, 4.69) is 5.16 Å². The highest BCUT2D eigenvalue weighted by Gasteiger charge is 2.36. The van der Waals surface area contributed by atoms with Gasteiger partial charge in [0.15, 0.2) is 5.78 Å². The average Bonchev–Trinajstić information content (AvgIpc) is 2.67. The summed E-state index contributed by atoms with van der Waals surface area (Å²) in [4.78, 5) is 11.6. The second-order valence-corrected chi connectivity index (χ2v) is 4.05. The number of benzene rings is 1. The summed E-state index contributed by atoms with van der Waals surface area (Å²) in [5, 5.41) is 12.0. The van der Waals surface area contributed by atoms with Crippen LogP contribution in [0, 0.1) is 5.82 Å². The molecule has 5 heteroatoms. The zero-order valence-corrected chi connectivity index (χ0v) is 9.98. The van der Waals surface area contributed by atoms with Gasteiger partial charge in [0.2, 0.25) is 5.90 Å². The standard InChI is InChI=1S/C13H12FNO3/c1-7(16)11-8(2)18-13(15-17)12(11)9-3-5-10(14)6-4-9/h3-6,12,17H,1-2H3/b15-13+. The molecule has 1 aliphatic heterocycles.